The molecule has 100 valence electrons. The molecule has 0 radical (unpaired) electrons. The Balaban J connectivity index is 2.52. The zero-order chi connectivity index (χ0) is 13.4. The van der Waals surface area contributed by atoms with E-state index in [1.54, 1.807) is 18.2 Å². The summed E-state index contributed by atoms with van der Waals surface area (Å²) in [6.45, 7) is 2.88. The maximum absolute atomic E-state index is 11.4. The lowest BCUT2D eigenvalue weighted by Gasteiger charge is -2.09. The van der Waals surface area contributed by atoms with Crippen LogP contribution in [0.2, 0.25) is 5.02 Å². The molecule has 0 atom stereocenters. The molecule has 0 aromatic heterocycles. The molecule has 0 fully saturated rings. The number of aliphatic hydroxyl groups is 1. The Hall–Kier alpha value is -1.46. The Morgan fingerprint density at radius 2 is 2.28 bits per heavy atom. The van der Waals surface area contributed by atoms with Gasteiger partial charge in [0.05, 0.1) is 11.6 Å². The second kappa shape index (κ2) is 7.79. The van der Waals surface area contributed by atoms with Crippen LogP contribution in [0.15, 0.2) is 18.2 Å². The van der Waals surface area contributed by atoms with Crippen LogP contribution in [-0.2, 0) is 0 Å². The predicted octanol–water partition coefficient (Wildman–Crippen LogP) is 2.24. The molecule has 1 aromatic carbocycles. The SMILES string of the molecule is CCOc1ccc(NC(=O)NCCCO)cc1Cl. The largest absolute Gasteiger partial charge is 0.492 e. The summed E-state index contributed by atoms with van der Waals surface area (Å²) in [6, 6.07) is 4.71. The van der Waals surface area contributed by atoms with Crippen LogP contribution in [0.5, 0.6) is 5.75 Å². The quantitative estimate of drug-likeness (QED) is 0.696. The van der Waals surface area contributed by atoms with E-state index in [1.807, 2.05) is 6.92 Å². The lowest BCUT2D eigenvalue weighted by molar-refractivity contribution is 0.249. The summed E-state index contributed by atoms with van der Waals surface area (Å²) >= 11 is 5.99. The molecule has 0 spiro atoms. The summed E-state index contributed by atoms with van der Waals surface area (Å²) in [5.41, 5.74) is 0.588. The van der Waals surface area contributed by atoms with E-state index in [4.69, 9.17) is 21.4 Å². The minimum atomic E-state index is -0.330. The van der Waals surface area contributed by atoms with E-state index in [1.165, 1.54) is 0 Å². The maximum atomic E-state index is 11.4. The number of carbonyl (C=O) groups is 1. The summed E-state index contributed by atoms with van der Waals surface area (Å²) in [5.74, 6) is 0.588. The molecule has 1 aromatic rings. The molecule has 0 aliphatic rings. The zero-order valence-electron chi connectivity index (χ0n) is 10.2. The minimum Gasteiger partial charge on any atom is -0.492 e. The summed E-state index contributed by atoms with van der Waals surface area (Å²) in [5, 5.41) is 14.3. The number of aliphatic hydroxyl groups excluding tert-OH is 1. The molecule has 1 rings (SSSR count). The predicted molar refractivity (Wildman–Crippen MR) is 71.3 cm³/mol. The van der Waals surface area contributed by atoms with Gasteiger partial charge in [-0.3, -0.25) is 0 Å². The Morgan fingerprint density at radius 3 is 2.89 bits per heavy atom. The van der Waals surface area contributed by atoms with Gasteiger partial charge in [-0.2, -0.15) is 0 Å². The molecule has 0 saturated carbocycles. The van der Waals surface area contributed by atoms with Crippen molar-refractivity contribution in [3.05, 3.63) is 23.2 Å². The number of rotatable bonds is 6. The topological polar surface area (TPSA) is 70.6 Å². The van der Waals surface area contributed by atoms with Crippen molar-refractivity contribution in [1.29, 1.82) is 0 Å². The van der Waals surface area contributed by atoms with E-state index >= 15 is 0 Å². The van der Waals surface area contributed by atoms with Gasteiger partial charge in [0.25, 0.3) is 0 Å². The average Bonchev–Trinajstić information content (AvgIpc) is 2.33. The molecule has 0 bridgehead atoms. The smallest absolute Gasteiger partial charge is 0.319 e. The number of anilines is 1. The van der Waals surface area contributed by atoms with Crippen molar-refractivity contribution in [2.24, 2.45) is 0 Å². The first-order valence-corrected chi connectivity index (χ1v) is 6.13. The fourth-order valence-electron chi connectivity index (χ4n) is 1.31. The van der Waals surface area contributed by atoms with Crippen LogP contribution in [0.1, 0.15) is 13.3 Å². The van der Waals surface area contributed by atoms with E-state index in [-0.39, 0.29) is 12.6 Å². The second-order valence-corrected chi connectivity index (χ2v) is 3.94. The maximum Gasteiger partial charge on any atom is 0.319 e. The van der Waals surface area contributed by atoms with Gasteiger partial charge in [0, 0.05) is 18.8 Å². The molecule has 0 heterocycles. The Morgan fingerprint density at radius 1 is 1.50 bits per heavy atom. The van der Waals surface area contributed by atoms with Crippen molar-refractivity contribution in [2.75, 3.05) is 25.1 Å². The van der Waals surface area contributed by atoms with Crippen molar-refractivity contribution < 1.29 is 14.6 Å². The van der Waals surface area contributed by atoms with Crippen LogP contribution < -0.4 is 15.4 Å². The van der Waals surface area contributed by atoms with Crippen molar-refractivity contribution in [2.45, 2.75) is 13.3 Å². The van der Waals surface area contributed by atoms with Gasteiger partial charge in [0.1, 0.15) is 5.75 Å². The third kappa shape index (κ3) is 4.81. The molecular weight excluding hydrogens is 256 g/mol. The number of nitrogens with one attached hydrogen (secondary N) is 2. The van der Waals surface area contributed by atoms with Crippen LogP contribution in [0.4, 0.5) is 10.5 Å². The van der Waals surface area contributed by atoms with Crippen LogP contribution >= 0.6 is 11.6 Å². The first-order valence-electron chi connectivity index (χ1n) is 5.75. The third-order valence-corrected chi connectivity index (χ3v) is 2.41. The van der Waals surface area contributed by atoms with E-state index in [0.717, 1.165) is 0 Å². The summed E-state index contributed by atoms with van der Waals surface area (Å²) in [6.07, 6.45) is 0.525. The van der Waals surface area contributed by atoms with Crippen LogP contribution in [0, 0.1) is 0 Å². The average molecular weight is 273 g/mol. The van der Waals surface area contributed by atoms with E-state index in [0.29, 0.717) is 36.0 Å². The van der Waals surface area contributed by atoms with Gasteiger partial charge in [-0.05, 0) is 31.5 Å². The van der Waals surface area contributed by atoms with Gasteiger partial charge in [0.2, 0.25) is 0 Å². The zero-order valence-corrected chi connectivity index (χ0v) is 11.0. The van der Waals surface area contributed by atoms with Gasteiger partial charge >= 0.3 is 6.03 Å². The van der Waals surface area contributed by atoms with Crippen molar-refractivity contribution in [3.8, 4) is 5.75 Å². The lowest BCUT2D eigenvalue weighted by Crippen LogP contribution is -2.29. The third-order valence-electron chi connectivity index (χ3n) is 2.11. The highest BCUT2D eigenvalue weighted by molar-refractivity contribution is 6.32. The molecule has 18 heavy (non-hydrogen) atoms. The molecule has 0 saturated heterocycles. The van der Waals surface area contributed by atoms with E-state index < -0.39 is 0 Å². The Kier molecular flexibility index (Phi) is 6.32. The first-order chi connectivity index (χ1) is 8.67. The van der Waals surface area contributed by atoms with Crippen LogP contribution in [-0.4, -0.2) is 30.9 Å². The van der Waals surface area contributed by atoms with Crippen molar-refractivity contribution in [3.63, 3.8) is 0 Å². The number of hydrogen-bond donors (Lipinski definition) is 3. The van der Waals surface area contributed by atoms with Gasteiger partial charge < -0.3 is 20.5 Å². The molecule has 0 aliphatic heterocycles. The highest BCUT2D eigenvalue weighted by Crippen LogP contribution is 2.27. The number of ether oxygens (including phenoxy) is 1. The van der Waals surface area contributed by atoms with Gasteiger partial charge in [-0.1, -0.05) is 11.6 Å². The Labute approximate surface area is 111 Å². The fraction of sp³-hybridized carbons (Fsp3) is 0.417. The standard InChI is InChI=1S/C12H17ClN2O3/c1-2-18-11-5-4-9(8-10(11)13)15-12(17)14-6-3-7-16/h4-5,8,16H,2-3,6-7H2,1H3,(H2,14,15,17). The monoisotopic (exact) mass is 272 g/mol. The molecule has 0 unspecified atom stereocenters. The van der Waals surface area contributed by atoms with Gasteiger partial charge in [0.15, 0.2) is 0 Å². The Bertz CT molecular complexity index is 399. The summed E-state index contributed by atoms with van der Waals surface area (Å²) < 4.78 is 5.29. The number of carbonyl (C=O) groups excluding carboxylic acids is 1. The molecule has 6 heteroatoms. The van der Waals surface area contributed by atoms with Crippen LogP contribution in [0.25, 0.3) is 0 Å². The molecule has 2 amide bonds. The number of benzene rings is 1. The number of hydrogen-bond acceptors (Lipinski definition) is 3. The van der Waals surface area contributed by atoms with E-state index in [2.05, 4.69) is 10.6 Å². The second-order valence-electron chi connectivity index (χ2n) is 3.54. The van der Waals surface area contributed by atoms with Gasteiger partial charge in [-0.25, -0.2) is 4.79 Å². The highest BCUT2D eigenvalue weighted by atomic mass is 35.5. The highest BCUT2D eigenvalue weighted by Gasteiger charge is 2.05. The number of amides is 2. The lowest BCUT2D eigenvalue weighted by atomic mass is 10.3. The first kappa shape index (κ1) is 14.6. The van der Waals surface area contributed by atoms with Crippen LogP contribution in [0.3, 0.4) is 0 Å². The molecular formula is C12H17ClN2O3. The van der Waals surface area contributed by atoms with Crippen molar-refractivity contribution >= 4 is 23.3 Å². The van der Waals surface area contributed by atoms with Crippen molar-refractivity contribution in [1.82, 2.24) is 5.32 Å². The summed E-state index contributed by atoms with van der Waals surface area (Å²) in [7, 11) is 0. The summed E-state index contributed by atoms with van der Waals surface area (Å²) in [4.78, 5) is 11.4. The number of halogens is 1. The molecule has 0 aliphatic carbocycles. The normalized spacial score (nSPS) is 9.94. The van der Waals surface area contributed by atoms with Gasteiger partial charge in [-0.15, -0.1) is 0 Å². The fourth-order valence-corrected chi connectivity index (χ4v) is 1.54. The van der Waals surface area contributed by atoms with E-state index in [9.17, 15) is 4.79 Å². The molecule has 3 N–H and O–H groups in total. The number of urea groups is 1. The molecule has 5 nitrogen and oxygen atoms in total. The minimum absolute atomic E-state index is 0.0508.